The van der Waals surface area contributed by atoms with Crippen molar-refractivity contribution in [2.75, 3.05) is 34.0 Å². The van der Waals surface area contributed by atoms with Crippen LogP contribution in [-0.4, -0.2) is 59.8 Å². The number of hydrogen-bond donors (Lipinski definition) is 1. The fourth-order valence-electron chi connectivity index (χ4n) is 1.35. The molecule has 0 aromatic carbocycles. The summed E-state index contributed by atoms with van der Waals surface area (Å²) in [7, 11) is 1.26. The van der Waals surface area contributed by atoms with E-state index in [9.17, 15) is 9.90 Å². The van der Waals surface area contributed by atoms with E-state index in [1.54, 1.807) is 21.1 Å². The van der Waals surface area contributed by atoms with Gasteiger partial charge in [0.25, 0.3) is 0 Å². The number of aliphatic hydroxyl groups is 1. The van der Waals surface area contributed by atoms with Crippen LogP contribution in [0.4, 0.5) is 0 Å². The predicted octanol–water partition coefficient (Wildman–Crippen LogP) is 1.24. The molecule has 0 bridgehead atoms. The van der Waals surface area contributed by atoms with Crippen molar-refractivity contribution in [2.45, 2.75) is 32.0 Å². The molecule has 1 atom stereocenters. The molecule has 1 unspecified atom stereocenters. The van der Waals surface area contributed by atoms with Crippen LogP contribution in [0.3, 0.4) is 0 Å². The maximum atomic E-state index is 11.1. The molecule has 1 N–H and O–H groups in total. The second-order valence-electron chi connectivity index (χ2n) is 4.75. The third-order valence-electron chi connectivity index (χ3n) is 2.85. The first-order valence-corrected chi connectivity index (χ1v) is 9.05. The summed E-state index contributed by atoms with van der Waals surface area (Å²) < 4.78 is 20.8. The highest BCUT2D eigenvalue weighted by Crippen LogP contribution is 2.13. The second kappa shape index (κ2) is 10.1. The van der Waals surface area contributed by atoms with Crippen LogP contribution in [0.1, 0.15) is 13.3 Å². The number of hydrogen-bond acceptors (Lipinski definition) is 6. The highest BCUT2D eigenvalue weighted by Gasteiger charge is 2.27. The van der Waals surface area contributed by atoms with Gasteiger partial charge in [-0.15, -0.1) is 0 Å². The molecule has 6 nitrogen and oxygen atoms in total. The number of carbonyl (C=O) groups is 1. The van der Waals surface area contributed by atoms with Gasteiger partial charge < -0.3 is 23.4 Å². The molecular formula is C13H26O6Si. The van der Waals surface area contributed by atoms with E-state index in [1.807, 2.05) is 6.55 Å². The van der Waals surface area contributed by atoms with Crippen molar-refractivity contribution in [1.82, 2.24) is 0 Å². The van der Waals surface area contributed by atoms with Gasteiger partial charge in [-0.3, -0.25) is 0 Å². The van der Waals surface area contributed by atoms with Crippen molar-refractivity contribution in [3.05, 3.63) is 12.2 Å². The first-order valence-electron chi connectivity index (χ1n) is 6.53. The van der Waals surface area contributed by atoms with Gasteiger partial charge in [0.15, 0.2) is 0 Å². The molecule has 0 aromatic rings. The van der Waals surface area contributed by atoms with E-state index in [-0.39, 0.29) is 13.2 Å². The minimum atomic E-state index is -2.04. The van der Waals surface area contributed by atoms with Crippen LogP contribution >= 0.6 is 0 Å². The predicted molar refractivity (Wildman–Crippen MR) is 77.7 cm³/mol. The van der Waals surface area contributed by atoms with Gasteiger partial charge >= 0.3 is 14.5 Å². The monoisotopic (exact) mass is 306 g/mol. The Hall–Kier alpha value is -0.733. The van der Waals surface area contributed by atoms with E-state index in [0.717, 1.165) is 12.5 Å². The minimum Gasteiger partial charge on any atom is -0.460 e. The van der Waals surface area contributed by atoms with Crippen LogP contribution in [0.2, 0.25) is 12.6 Å². The van der Waals surface area contributed by atoms with Gasteiger partial charge in [-0.2, -0.15) is 0 Å². The molecule has 0 spiro atoms. The maximum absolute atomic E-state index is 11.1. The van der Waals surface area contributed by atoms with Crippen LogP contribution < -0.4 is 0 Å². The summed E-state index contributed by atoms with van der Waals surface area (Å²) in [5, 5.41) is 9.56. The molecule has 0 saturated carbocycles. The van der Waals surface area contributed by atoms with E-state index in [0.29, 0.717) is 12.2 Å². The van der Waals surface area contributed by atoms with Crippen LogP contribution in [0.15, 0.2) is 12.2 Å². The number of aliphatic hydroxyl groups excluding tert-OH is 1. The quantitative estimate of drug-likeness (QED) is 0.268. The molecule has 0 aliphatic carbocycles. The van der Waals surface area contributed by atoms with Crippen LogP contribution in [0.5, 0.6) is 0 Å². The molecule has 0 rings (SSSR count). The molecule has 7 heteroatoms. The molecule has 20 heavy (non-hydrogen) atoms. The third kappa shape index (κ3) is 8.44. The first kappa shape index (κ1) is 19.3. The summed E-state index contributed by atoms with van der Waals surface area (Å²) in [6.45, 7) is 7.53. The molecular weight excluding hydrogens is 280 g/mol. The van der Waals surface area contributed by atoms with E-state index < -0.39 is 20.6 Å². The second-order valence-corrected chi connectivity index (χ2v) is 8.34. The minimum absolute atomic E-state index is 0.0890. The molecule has 0 amide bonds. The van der Waals surface area contributed by atoms with Crippen LogP contribution in [0, 0.1) is 0 Å². The van der Waals surface area contributed by atoms with Crippen molar-refractivity contribution < 1.29 is 28.2 Å². The third-order valence-corrected chi connectivity index (χ3v) is 5.84. The molecule has 0 saturated heterocycles. The molecule has 0 fully saturated rings. The Balaban J connectivity index is 3.65. The Morgan fingerprint density at radius 1 is 1.30 bits per heavy atom. The first-order chi connectivity index (χ1) is 9.34. The van der Waals surface area contributed by atoms with Gasteiger partial charge in [-0.05, 0) is 25.9 Å². The summed E-state index contributed by atoms with van der Waals surface area (Å²) in [6, 6.07) is 0.820. The maximum Gasteiger partial charge on any atom is 0.334 e. The van der Waals surface area contributed by atoms with Crippen molar-refractivity contribution in [3.8, 4) is 0 Å². The standard InChI is InChI=1S/C13H26O6Si/c1-11(2)13(15)19-10-12(14)9-18-7-6-8-20(5,16-3)17-4/h12,14H,1,6-10H2,2-5H3. The lowest BCUT2D eigenvalue weighted by atomic mass is 10.3. The highest BCUT2D eigenvalue weighted by molar-refractivity contribution is 6.65. The van der Waals surface area contributed by atoms with Gasteiger partial charge in [-0.1, -0.05) is 6.58 Å². The summed E-state index contributed by atoms with van der Waals surface area (Å²) in [4.78, 5) is 11.1. The van der Waals surface area contributed by atoms with Crippen LogP contribution in [-0.2, 0) is 23.1 Å². The van der Waals surface area contributed by atoms with Gasteiger partial charge in [0.2, 0.25) is 0 Å². The fourth-order valence-corrected chi connectivity index (χ4v) is 2.71. The number of rotatable bonds is 11. The van der Waals surface area contributed by atoms with Crippen molar-refractivity contribution in [2.24, 2.45) is 0 Å². The van der Waals surface area contributed by atoms with Gasteiger partial charge in [0, 0.05) is 26.4 Å². The Bertz CT molecular complexity index is 303. The topological polar surface area (TPSA) is 74.2 Å². The lowest BCUT2D eigenvalue weighted by Gasteiger charge is -2.22. The summed E-state index contributed by atoms with van der Waals surface area (Å²) in [6.07, 6.45) is -0.0327. The molecule has 0 aromatic heterocycles. The largest absolute Gasteiger partial charge is 0.460 e. The van der Waals surface area contributed by atoms with E-state index in [1.165, 1.54) is 0 Å². The van der Waals surface area contributed by atoms with Gasteiger partial charge in [0.1, 0.15) is 12.7 Å². The lowest BCUT2D eigenvalue weighted by Crippen LogP contribution is -2.36. The summed E-state index contributed by atoms with van der Waals surface area (Å²) >= 11 is 0. The van der Waals surface area contributed by atoms with Crippen molar-refractivity contribution >= 4 is 14.5 Å². The Kier molecular flexibility index (Phi) is 9.69. The van der Waals surface area contributed by atoms with E-state index in [4.69, 9.17) is 18.3 Å². The number of esters is 1. The smallest absolute Gasteiger partial charge is 0.334 e. The zero-order valence-corrected chi connectivity index (χ0v) is 13.8. The average molecular weight is 306 g/mol. The normalized spacial score (nSPS) is 13.1. The Labute approximate surface area is 121 Å². The van der Waals surface area contributed by atoms with Gasteiger partial charge in [0.05, 0.1) is 6.61 Å². The zero-order valence-electron chi connectivity index (χ0n) is 12.8. The summed E-state index contributed by atoms with van der Waals surface area (Å²) in [5.74, 6) is -0.508. The van der Waals surface area contributed by atoms with Crippen molar-refractivity contribution in [1.29, 1.82) is 0 Å². The van der Waals surface area contributed by atoms with Crippen molar-refractivity contribution in [3.63, 3.8) is 0 Å². The molecule has 0 aliphatic rings. The molecule has 0 radical (unpaired) electrons. The Morgan fingerprint density at radius 3 is 2.40 bits per heavy atom. The summed E-state index contributed by atoms with van der Waals surface area (Å²) in [5.41, 5.74) is 0.307. The molecule has 118 valence electrons. The SMILES string of the molecule is C=C(C)C(=O)OCC(O)COCCC[Si](C)(OC)OC. The van der Waals surface area contributed by atoms with E-state index in [2.05, 4.69) is 6.58 Å². The molecule has 0 aliphatic heterocycles. The van der Waals surface area contributed by atoms with Gasteiger partial charge in [-0.25, -0.2) is 4.79 Å². The fraction of sp³-hybridized carbons (Fsp3) is 0.769. The Morgan fingerprint density at radius 2 is 1.90 bits per heavy atom. The average Bonchev–Trinajstić information content (AvgIpc) is 2.43. The highest BCUT2D eigenvalue weighted by atomic mass is 28.4. The lowest BCUT2D eigenvalue weighted by molar-refractivity contribution is -0.143. The van der Waals surface area contributed by atoms with Crippen LogP contribution in [0.25, 0.3) is 0 Å². The molecule has 0 heterocycles. The van der Waals surface area contributed by atoms with E-state index >= 15 is 0 Å². The number of ether oxygens (including phenoxy) is 2. The number of carbonyl (C=O) groups excluding carboxylic acids is 1. The zero-order chi connectivity index (χ0) is 15.6.